The number of rotatable bonds is 4. The summed E-state index contributed by atoms with van der Waals surface area (Å²) in [5.74, 6) is 1.08. The van der Waals surface area contributed by atoms with E-state index in [2.05, 4.69) is 63.0 Å². The third-order valence-corrected chi connectivity index (χ3v) is 3.60. The second kappa shape index (κ2) is 5.67. The third-order valence-electron chi connectivity index (χ3n) is 3.10. The van der Waals surface area contributed by atoms with Crippen LogP contribution in [0.4, 0.5) is 0 Å². The summed E-state index contributed by atoms with van der Waals surface area (Å²) in [6, 6.07) is 8.42. The monoisotopic (exact) mass is 307 g/mol. The van der Waals surface area contributed by atoms with Gasteiger partial charge in [-0.1, -0.05) is 28.1 Å². The van der Waals surface area contributed by atoms with Gasteiger partial charge in [0.2, 0.25) is 0 Å². The summed E-state index contributed by atoms with van der Waals surface area (Å²) in [6.07, 6.45) is 0.915. The van der Waals surface area contributed by atoms with Crippen LogP contribution in [-0.4, -0.2) is 16.6 Å². The number of imidazole rings is 1. The minimum atomic E-state index is 0.801. The maximum Gasteiger partial charge on any atom is 0.122 e. The first-order valence-electron chi connectivity index (χ1n) is 6.02. The SMILES string of the molecule is CNCc1nc(C)c(Cc2cccc(Br)c2)n1C. The van der Waals surface area contributed by atoms with E-state index >= 15 is 0 Å². The molecule has 0 aliphatic heterocycles. The third kappa shape index (κ3) is 2.82. The molecule has 2 aromatic rings. The molecule has 0 spiro atoms. The first-order chi connectivity index (χ1) is 8.61. The van der Waals surface area contributed by atoms with Crippen molar-refractivity contribution in [2.45, 2.75) is 19.9 Å². The Morgan fingerprint density at radius 3 is 2.83 bits per heavy atom. The predicted molar refractivity (Wildman–Crippen MR) is 77.7 cm³/mol. The Kier molecular flexibility index (Phi) is 4.19. The second-order valence-corrected chi connectivity index (χ2v) is 5.37. The van der Waals surface area contributed by atoms with Gasteiger partial charge in [-0.2, -0.15) is 0 Å². The highest BCUT2D eigenvalue weighted by Gasteiger charge is 2.11. The van der Waals surface area contributed by atoms with E-state index in [0.717, 1.165) is 29.0 Å². The van der Waals surface area contributed by atoms with Crippen LogP contribution < -0.4 is 5.32 Å². The van der Waals surface area contributed by atoms with E-state index in [1.165, 1.54) is 11.3 Å². The lowest BCUT2D eigenvalue weighted by Crippen LogP contribution is -2.11. The van der Waals surface area contributed by atoms with Gasteiger partial charge in [0.25, 0.3) is 0 Å². The second-order valence-electron chi connectivity index (χ2n) is 4.46. The van der Waals surface area contributed by atoms with E-state index < -0.39 is 0 Å². The Labute approximate surface area is 116 Å². The van der Waals surface area contributed by atoms with E-state index in [1.54, 1.807) is 0 Å². The van der Waals surface area contributed by atoms with Crippen LogP contribution in [0.25, 0.3) is 0 Å². The van der Waals surface area contributed by atoms with Crippen molar-refractivity contribution in [3.8, 4) is 0 Å². The van der Waals surface area contributed by atoms with Gasteiger partial charge in [0, 0.05) is 23.6 Å². The topological polar surface area (TPSA) is 29.9 Å². The van der Waals surface area contributed by atoms with Crippen molar-refractivity contribution in [1.82, 2.24) is 14.9 Å². The van der Waals surface area contributed by atoms with E-state index in [1.807, 2.05) is 13.1 Å². The van der Waals surface area contributed by atoms with Crippen molar-refractivity contribution < 1.29 is 0 Å². The summed E-state index contributed by atoms with van der Waals surface area (Å²) < 4.78 is 3.31. The number of nitrogens with one attached hydrogen (secondary N) is 1. The summed E-state index contributed by atoms with van der Waals surface area (Å²) in [5.41, 5.74) is 3.69. The van der Waals surface area contributed by atoms with Gasteiger partial charge in [0.05, 0.1) is 12.2 Å². The molecular formula is C14H18BrN3. The number of aryl methyl sites for hydroxylation is 1. The lowest BCUT2D eigenvalue weighted by Gasteiger charge is -2.07. The summed E-state index contributed by atoms with van der Waals surface area (Å²) in [5, 5.41) is 3.15. The van der Waals surface area contributed by atoms with Crippen LogP contribution in [-0.2, 0) is 20.0 Å². The molecule has 96 valence electrons. The maximum absolute atomic E-state index is 4.61. The number of halogens is 1. The smallest absolute Gasteiger partial charge is 0.122 e. The van der Waals surface area contributed by atoms with Gasteiger partial charge in [0.1, 0.15) is 5.82 Å². The lowest BCUT2D eigenvalue weighted by atomic mass is 10.1. The van der Waals surface area contributed by atoms with E-state index in [4.69, 9.17) is 0 Å². The molecule has 0 fully saturated rings. The van der Waals surface area contributed by atoms with Crippen molar-refractivity contribution in [2.75, 3.05) is 7.05 Å². The highest BCUT2D eigenvalue weighted by atomic mass is 79.9. The van der Waals surface area contributed by atoms with Gasteiger partial charge in [-0.25, -0.2) is 4.98 Å². The van der Waals surface area contributed by atoms with Gasteiger partial charge in [-0.3, -0.25) is 0 Å². The summed E-state index contributed by atoms with van der Waals surface area (Å²) in [7, 11) is 4.03. The van der Waals surface area contributed by atoms with Gasteiger partial charge >= 0.3 is 0 Å². The Morgan fingerprint density at radius 1 is 1.39 bits per heavy atom. The Morgan fingerprint density at radius 2 is 2.17 bits per heavy atom. The number of nitrogens with zero attached hydrogens (tertiary/aromatic N) is 2. The fraction of sp³-hybridized carbons (Fsp3) is 0.357. The fourth-order valence-corrected chi connectivity index (χ4v) is 2.58. The first kappa shape index (κ1) is 13.3. The highest BCUT2D eigenvalue weighted by molar-refractivity contribution is 9.10. The zero-order valence-electron chi connectivity index (χ0n) is 11.0. The molecule has 2 rings (SSSR count). The molecule has 0 unspecified atom stereocenters. The molecule has 0 aliphatic rings. The average molecular weight is 308 g/mol. The molecule has 1 aromatic carbocycles. The van der Waals surface area contributed by atoms with Gasteiger partial charge < -0.3 is 9.88 Å². The summed E-state index contributed by atoms with van der Waals surface area (Å²) >= 11 is 3.51. The van der Waals surface area contributed by atoms with Crippen molar-refractivity contribution in [3.63, 3.8) is 0 Å². The molecule has 1 aromatic heterocycles. The molecule has 4 heteroatoms. The zero-order chi connectivity index (χ0) is 13.1. The molecule has 0 saturated carbocycles. The molecule has 0 radical (unpaired) electrons. The number of hydrogen-bond acceptors (Lipinski definition) is 2. The van der Waals surface area contributed by atoms with Crippen molar-refractivity contribution >= 4 is 15.9 Å². The van der Waals surface area contributed by atoms with Gasteiger partial charge in [-0.05, 0) is 31.7 Å². The average Bonchev–Trinajstić information content (AvgIpc) is 2.58. The number of benzene rings is 1. The van der Waals surface area contributed by atoms with Crippen molar-refractivity contribution in [2.24, 2.45) is 7.05 Å². The van der Waals surface area contributed by atoms with E-state index in [9.17, 15) is 0 Å². The fourth-order valence-electron chi connectivity index (χ4n) is 2.13. The van der Waals surface area contributed by atoms with Crippen LogP contribution in [0.2, 0.25) is 0 Å². The minimum Gasteiger partial charge on any atom is -0.333 e. The Bertz CT molecular complexity index is 546. The number of hydrogen-bond donors (Lipinski definition) is 1. The largest absolute Gasteiger partial charge is 0.333 e. The molecule has 0 atom stereocenters. The molecule has 1 heterocycles. The summed E-state index contributed by atoms with van der Waals surface area (Å²) in [4.78, 5) is 4.61. The van der Waals surface area contributed by atoms with Crippen molar-refractivity contribution in [3.05, 3.63) is 51.5 Å². The minimum absolute atomic E-state index is 0.801. The van der Waals surface area contributed by atoms with E-state index in [0.29, 0.717) is 0 Å². The molecule has 0 bridgehead atoms. The maximum atomic E-state index is 4.61. The van der Waals surface area contributed by atoms with Crippen LogP contribution in [0, 0.1) is 6.92 Å². The molecular weight excluding hydrogens is 290 g/mol. The molecule has 1 N–H and O–H groups in total. The standard InChI is InChI=1S/C14H18BrN3/c1-10-13(18(3)14(17-10)9-16-2)8-11-5-4-6-12(15)7-11/h4-7,16H,8-9H2,1-3H3. The van der Waals surface area contributed by atoms with Crippen LogP contribution in [0.5, 0.6) is 0 Å². The quantitative estimate of drug-likeness (QED) is 0.941. The highest BCUT2D eigenvalue weighted by Crippen LogP contribution is 2.18. The molecule has 3 nitrogen and oxygen atoms in total. The number of aromatic nitrogens is 2. The Hall–Kier alpha value is -1.13. The van der Waals surface area contributed by atoms with Crippen molar-refractivity contribution in [1.29, 1.82) is 0 Å². The lowest BCUT2D eigenvalue weighted by molar-refractivity contribution is 0.695. The summed E-state index contributed by atoms with van der Waals surface area (Å²) in [6.45, 7) is 2.88. The van der Waals surface area contributed by atoms with Gasteiger partial charge in [-0.15, -0.1) is 0 Å². The normalized spacial score (nSPS) is 10.9. The zero-order valence-corrected chi connectivity index (χ0v) is 12.6. The first-order valence-corrected chi connectivity index (χ1v) is 6.81. The molecule has 0 amide bonds. The van der Waals surface area contributed by atoms with Gasteiger partial charge in [0.15, 0.2) is 0 Å². The Balaban J connectivity index is 2.29. The molecule has 18 heavy (non-hydrogen) atoms. The van der Waals surface area contributed by atoms with Crippen LogP contribution in [0.3, 0.4) is 0 Å². The predicted octanol–water partition coefficient (Wildman–Crippen LogP) is 2.80. The molecule has 0 aliphatic carbocycles. The van der Waals surface area contributed by atoms with E-state index in [-0.39, 0.29) is 0 Å². The van der Waals surface area contributed by atoms with Crippen LogP contribution in [0.1, 0.15) is 22.8 Å². The van der Waals surface area contributed by atoms with Crippen LogP contribution in [0.15, 0.2) is 28.7 Å². The molecule has 0 saturated heterocycles. The van der Waals surface area contributed by atoms with Crippen LogP contribution >= 0.6 is 15.9 Å².